The van der Waals surface area contributed by atoms with E-state index in [1.807, 2.05) is 12.1 Å². The zero-order chi connectivity index (χ0) is 15.5. The monoisotopic (exact) mass is 292 g/mol. The molecule has 21 heavy (non-hydrogen) atoms. The second-order valence-corrected chi connectivity index (χ2v) is 5.61. The molecule has 0 aliphatic carbocycles. The number of para-hydroxylation sites is 2. The van der Waals surface area contributed by atoms with Crippen molar-refractivity contribution in [1.82, 2.24) is 0 Å². The molecule has 0 aromatic heterocycles. The van der Waals surface area contributed by atoms with Gasteiger partial charge in [-0.15, -0.1) is 0 Å². The van der Waals surface area contributed by atoms with Crippen molar-refractivity contribution >= 4 is 11.4 Å². The van der Waals surface area contributed by atoms with Crippen molar-refractivity contribution in [3.8, 4) is 0 Å². The maximum atomic E-state index is 11.1. The molecule has 4 nitrogen and oxygen atoms in total. The highest BCUT2D eigenvalue weighted by Gasteiger charge is 2.16. The normalized spacial score (nSPS) is 10.8. The molecule has 0 radical (unpaired) electrons. The topological polar surface area (TPSA) is 55.2 Å². The first-order valence-corrected chi connectivity index (χ1v) is 8.19. The molecular weight excluding hydrogens is 264 g/mol. The number of nitrogens with one attached hydrogen (secondary N) is 1. The SMILES string of the molecule is CCCCCC(CCCCC)Nc1ccccc1[N+](=O)[O-]. The fourth-order valence-corrected chi connectivity index (χ4v) is 2.54. The third-order valence-corrected chi connectivity index (χ3v) is 3.77. The summed E-state index contributed by atoms with van der Waals surface area (Å²) in [6.45, 7) is 4.39. The van der Waals surface area contributed by atoms with Crippen molar-refractivity contribution in [2.24, 2.45) is 0 Å². The van der Waals surface area contributed by atoms with Crippen LogP contribution >= 0.6 is 0 Å². The molecule has 1 aromatic carbocycles. The van der Waals surface area contributed by atoms with Gasteiger partial charge in [0.2, 0.25) is 0 Å². The van der Waals surface area contributed by atoms with Gasteiger partial charge in [-0.3, -0.25) is 10.1 Å². The Balaban J connectivity index is 2.67. The lowest BCUT2D eigenvalue weighted by atomic mass is 10.0. The van der Waals surface area contributed by atoms with Crippen molar-refractivity contribution in [2.45, 2.75) is 71.3 Å². The molecule has 0 saturated carbocycles. The molecule has 0 fully saturated rings. The molecule has 0 spiro atoms. The van der Waals surface area contributed by atoms with Crippen LogP contribution in [0.1, 0.15) is 65.2 Å². The molecule has 0 unspecified atom stereocenters. The van der Waals surface area contributed by atoms with Crippen LogP contribution in [0, 0.1) is 10.1 Å². The number of benzene rings is 1. The molecule has 0 heterocycles. The van der Waals surface area contributed by atoms with Crippen LogP contribution in [0.25, 0.3) is 0 Å². The van der Waals surface area contributed by atoms with Crippen LogP contribution in [0.15, 0.2) is 24.3 Å². The summed E-state index contributed by atoms with van der Waals surface area (Å²) in [6, 6.07) is 7.28. The number of hydrogen-bond donors (Lipinski definition) is 1. The van der Waals surface area contributed by atoms with Crippen LogP contribution in [0.3, 0.4) is 0 Å². The van der Waals surface area contributed by atoms with Gasteiger partial charge in [0.15, 0.2) is 0 Å². The predicted molar refractivity (Wildman–Crippen MR) is 88.8 cm³/mol. The number of anilines is 1. The molecule has 1 rings (SSSR count). The van der Waals surface area contributed by atoms with Gasteiger partial charge in [-0.25, -0.2) is 0 Å². The molecule has 0 atom stereocenters. The quantitative estimate of drug-likeness (QED) is 0.331. The van der Waals surface area contributed by atoms with E-state index in [2.05, 4.69) is 19.2 Å². The van der Waals surface area contributed by atoms with Gasteiger partial charge in [-0.05, 0) is 18.9 Å². The Bertz CT molecular complexity index is 411. The van der Waals surface area contributed by atoms with E-state index < -0.39 is 0 Å². The Morgan fingerprint density at radius 1 is 1.05 bits per heavy atom. The van der Waals surface area contributed by atoms with E-state index in [0.717, 1.165) is 12.8 Å². The molecule has 1 aromatic rings. The average Bonchev–Trinajstić information content (AvgIpc) is 2.48. The minimum absolute atomic E-state index is 0.175. The molecule has 0 bridgehead atoms. The smallest absolute Gasteiger partial charge is 0.292 e. The van der Waals surface area contributed by atoms with Gasteiger partial charge in [0.1, 0.15) is 5.69 Å². The Kier molecular flexibility index (Phi) is 8.48. The molecule has 0 amide bonds. The first-order chi connectivity index (χ1) is 10.2. The van der Waals surface area contributed by atoms with Gasteiger partial charge in [-0.2, -0.15) is 0 Å². The van der Waals surface area contributed by atoms with Gasteiger partial charge in [0, 0.05) is 12.1 Å². The number of nitrogens with zero attached hydrogens (tertiary/aromatic N) is 1. The van der Waals surface area contributed by atoms with Crippen LogP contribution in [0.5, 0.6) is 0 Å². The standard InChI is InChI=1S/C17H28N2O2/c1-3-5-7-11-15(12-8-6-4-2)18-16-13-9-10-14-17(16)19(20)21/h9-10,13-15,18H,3-8,11-12H2,1-2H3. The Labute approximate surface area is 128 Å². The van der Waals surface area contributed by atoms with Crippen molar-refractivity contribution in [3.63, 3.8) is 0 Å². The summed E-state index contributed by atoms with van der Waals surface area (Å²) in [5, 5.41) is 14.5. The number of nitro benzene ring substituents is 1. The van der Waals surface area contributed by atoms with Crippen molar-refractivity contribution in [2.75, 3.05) is 5.32 Å². The minimum atomic E-state index is -0.308. The number of nitro groups is 1. The van der Waals surface area contributed by atoms with E-state index >= 15 is 0 Å². The van der Waals surface area contributed by atoms with Crippen LogP contribution < -0.4 is 5.32 Å². The largest absolute Gasteiger partial charge is 0.377 e. The van der Waals surface area contributed by atoms with Crippen LogP contribution in [-0.4, -0.2) is 11.0 Å². The molecule has 0 saturated heterocycles. The summed E-state index contributed by atoms with van der Waals surface area (Å²) < 4.78 is 0. The van der Waals surface area contributed by atoms with Crippen LogP contribution in [-0.2, 0) is 0 Å². The van der Waals surface area contributed by atoms with Gasteiger partial charge < -0.3 is 5.32 Å². The summed E-state index contributed by atoms with van der Waals surface area (Å²) in [4.78, 5) is 10.8. The number of unbranched alkanes of at least 4 members (excludes halogenated alkanes) is 4. The van der Waals surface area contributed by atoms with Gasteiger partial charge in [-0.1, -0.05) is 64.5 Å². The van der Waals surface area contributed by atoms with E-state index in [9.17, 15) is 10.1 Å². The summed E-state index contributed by atoms with van der Waals surface area (Å²) in [5.74, 6) is 0. The van der Waals surface area contributed by atoms with E-state index in [1.165, 1.54) is 38.5 Å². The zero-order valence-electron chi connectivity index (χ0n) is 13.3. The number of hydrogen-bond acceptors (Lipinski definition) is 3. The van der Waals surface area contributed by atoms with Gasteiger partial charge >= 0.3 is 0 Å². The minimum Gasteiger partial charge on any atom is -0.377 e. The highest BCUT2D eigenvalue weighted by Crippen LogP contribution is 2.26. The van der Waals surface area contributed by atoms with E-state index in [1.54, 1.807) is 12.1 Å². The lowest BCUT2D eigenvalue weighted by molar-refractivity contribution is -0.384. The Morgan fingerprint density at radius 3 is 2.14 bits per heavy atom. The maximum absolute atomic E-state index is 11.1. The van der Waals surface area contributed by atoms with Crippen molar-refractivity contribution in [1.29, 1.82) is 0 Å². The summed E-state index contributed by atoms with van der Waals surface area (Å²) in [7, 11) is 0. The fourth-order valence-electron chi connectivity index (χ4n) is 2.54. The van der Waals surface area contributed by atoms with E-state index in [4.69, 9.17) is 0 Å². The van der Waals surface area contributed by atoms with Gasteiger partial charge in [0.25, 0.3) is 5.69 Å². The molecule has 4 heteroatoms. The second-order valence-electron chi connectivity index (χ2n) is 5.61. The molecule has 0 aliphatic heterocycles. The fraction of sp³-hybridized carbons (Fsp3) is 0.647. The lowest BCUT2D eigenvalue weighted by Crippen LogP contribution is -2.20. The Hall–Kier alpha value is -1.58. The van der Waals surface area contributed by atoms with Crippen molar-refractivity contribution in [3.05, 3.63) is 34.4 Å². The summed E-state index contributed by atoms with van der Waals surface area (Å²) in [5.41, 5.74) is 0.828. The van der Waals surface area contributed by atoms with Crippen LogP contribution in [0.4, 0.5) is 11.4 Å². The van der Waals surface area contributed by atoms with Gasteiger partial charge in [0.05, 0.1) is 4.92 Å². The summed E-state index contributed by atoms with van der Waals surface area (Å²) >= 11 is 0. The highest BCUT2D eigenvalue weighted by atomic mass is 16.6. The first-order valence-electron chi connectivity index (χ1n) is 8.19. The molecule has 0 aliphatic rings. The summed E-state index contributed by atoms with van der Waals surface area (Å²) in [6.07, 6.45) is 9.39. The van der Waals surface area contributed by atoms with Crippen molar-refractivity contribution < 1.29 is 4.92 Å². The average molecular weight is 292 g/mol. The Morgan fingerprint density at radius 2 is 1.62 bits per heavy atom. The maximum Gasteiger partial charge on any atom is 0.292 e. The third kappa shape index (κ3) is 6.61. The predicted octanol–water partition coefficient (Wildman–Crippen LogP) is 5.54. The van der Waals surface area contributed by atoms with E-state index in [0.29, 0.717) is 11.7 Å². The van der Waals surface area contributed by atoms with E-state index in [-0.39, 0.29) is 10.6 Å². The second kappa shape index (κ2) is 10.2. The number of rotatable bonds is 11. The molecule has 1 N–H and O–H groups in total. The zero-order valence-corrected chi connectivity index (χ0v) is 13.3. The third-order valence-electron chi connectivity index (χ3n) is 3.77. The van der Waals surface area contributed by atoms with Crippen LogP contribution in [0.2, 0.25) is 0 Å². The lowest BCUT2D eigenvalue weighted by Gasteiger charge is -2.20. The highest BCUT2D eigenvalue weighted by molar-refractivity contribution is 5.61. The first kappa shape index (κ1) is 17.5. The molecular formula is C17H28N2O2. The molecule has 118 valence electrons.